The lowest BCUT2D eigenvalue weighted by molar-refractivity contribution is 0.628. The summed E-state index contributed by atoms with van der Waals surface area (Å²) in [7, 11) is 0. The van der Waals surface area contributed by atoms with Gasteiger partial charge in [-0.25, -0.2) is 0 Å². The molecule has 0 radical (unpaired) electrons. The summed E-state index contributed by atoms with van der Waals surface area (Å²) in [6, 6.07) is 5.70. The maximum Gasteiger partial charge on any atom is 0.0439 e. The predicted molar refractivity (Wildman–Crippen MR) is 61.8 cm³/mol. The molecule has 0 spiro atoms. The van der Waals surface area contributed by atoms with Gasteiger partial charge in [0.05, 0.1) is 0 Å². The number of nitrogens with zero attached hydrogens (tertiary/aromatic N) is 2. The van der Waals surface area contributed by atoms with Gasteiger partial charge in [-0.2, -0.15) is 0 Å². The monoisotopic (exact) mass is 214 g/mol. The first kappa shape index (κ1) is 9.42. The number of nitrogens with one attached hydrogen (secondary N) is 1. The Morgan fingerprint density at radius 1 is 1.31 bits per heavy atom. The molecule has 3 heterocycles. The van der Waals surface area contributed by atoms with E-state index in [2.05, 4.69) is 10.3 Å². The molecule has 4 heteroatoms. The number of fused-ring (bicyclic) bond motifs is 1. The highest BCUT2D eigenvalue weighted by molar-refractivity contribution is 5.62. The Labute approximate surface area is 93.5 Å². The minimum absolute atomic E-state index is 0.733. The minimum atomic E-state index is 0.733. The second-order valence-corrected chi connectivity index (χ2v) is 3.96. The van der Waals surface area contributed by atoms with Crippen LogP contribution in [0.3, 0.4) is 0 Å². The molecular weight excluding hydrogens is 202 g/mol. The zero-order valence-corrected chi connectivity index (χ0v) is 8.81. The van der Waals surface area contributed by atoms with Gasteiger partial charge in [0, 0.05) is 48.9 Å². The van der Waals surface area contributed by atoms with E-state index in [4.69, 9.17) is 0 Å². The third kappa shape index (κ3) is 1.39. The molecule has 0 aliphatic carbocycles. The van der Waals surface area contributed by atoms with Crippen molar-refractivity contribution in [1.29, 1.82) is 0 Å². The second-order valence-electron chi connectivity index (χ2n) is 3.96. The molecule has 0 fully saturated rings. The molecule has 1 N–H and O–H groups in total. The maximum atomic E-state index is 12.1. The Morgan fingerprint density at radius 2 is 2.12 bits per heavy atom. The standard InChI is InChI=1S/C12H12N3O/c16-15-11-3-6-14-8-10(11)7-12(15)9-1-4-13-5-2-9/h1-2,4-5,7,14H,3,6,8H2/q-1. The molecule has 1 aliphatic heterocycles. The van der Waals surface area contributed by atoms with Crippen LogP contribution in [-0.2, 0) is 13.0 Å². The van der Waals surface area contributed by atoms with Crippen LogP contribution in [0.4, 0.5) is 0 Å². The van der Waals surface area contributed by atoms with Gasteiger partial charge in [-0.3, -0.25) is 4.98 Å². The van der Waals surface area contributed by atoms with Gasteiger partial charge < -0.3 is 15.3 Å². The molecule has 2 aromatic heterocycles. The van der Waals surface area contributed by atoms with Crippen molar-refractivity contribution in [2.45, 2.75) is 13.0 Å². The van der Waals surface area contributed by atoms with Gasteiger partial charge in [-0.15, -0.1) is 0 Å². The molecule has 0 bridgehead atoms. The zero-order valence-electron chi connectivity index (χ0n) is 8.81. The summed E-state index contributed by atoms with van der Waals surface area (Å²) >= 11 is 0. The lowest BCUT2D eigenvalue weighted by Crippen LogP contribution is -2.23. The fourth-order valence-corrected chi connectivity index (χ4v) is 2.15. The topological polar surface area (TPSA) is 52.9 Å². The van der Waals surface area contributed by atoms with Crippen molar-refractivity contribution in [2.75, 3.05) is 6.54 Å². The highest BCUT2D eigenvalue weighted by Crippen LogP contribution is 2.26. The first-order chi connectivity index (χ1) is 7.86. The lowest BCUT2D eigenvalue weighted by Gasteiger charge is -2.20. The summed E-state index contributed by atoms with van der Waals surface area (Å²) in [6.07, 6.45) is 4.23. The van der Waals surface area contributed by atoms with E-state index in [0.29, 0.717) is 0 Å². The molecule has 4 nitrogen and oxygen atoms in total. The molecule has 0 saturated carbocycles. The Morgan fingerprint density at radius 3 is 2.88 bits per heavy atom. The van der Waals surface area contributed by atoms with E-state index in [-0.39, 0.29) is 0 Å². The van der Waals surface area contributed by atoms with Crippen LogP contribution in [0.1, 0.15) is 11.3 Å². The highest BCUT2D eigenvalue weighted by atomic mass is 16.5. The van der Waals surface area contributed by atoms with Gasteiger partial charge in [0.1, 0.15) is 0 Å². The van der Waals surface area contributed by atoms with Crippen molar-refractivity contribution in [2.24, 2.45) is 0 Å². The van der Waals surface area contributed by atoms with Crippen LogP contribution in [0, 0.1) is 5.21 Å². The summed E-state index contributed by atoms with van der Waals surface area (Å²) in [5, 5.41) is 15.4. The van der Waals surface area contributed by atoms with Crippen LogP contribution in [0.2, 0.25) is 0 Å². The van der Waals surface area contributed by atoms with Crippen LogP contribution < -0.4 is 5.32 Å². The highest BCUT2D eigenvalue weighted by Gasteiger charge is 2.14. The van der Waals surface area contributed by atoms with Crippen LogP contribution in [0.15, 0.2) is 30.6 Å². The first-order valence-corrected chi connectivity index (χ1v) is 5.38. The SMILES string of the molecule is [O-]n1c(-c2ccncc2)cc2c1CCNC2. The molecule has 2 aromatic rings. The van der Waals surface area contributed by atoms with Crippen molar-refractivity contribution in [3.05, 3.63) is 47.1 Å². The van der Waals surface area contributed by atoms with Crippen molar-refractivity contribution >= 4 is 0 Å². The van der Waals surface area contributed by atoms with Gasteiger partial charge in [-0.05, 0) is 23.8 Å². The zero-order chi connectivity index (χ0) is 11.0. The average Bonchev–Trinajstić information content (AvgIpc) is 2.69. The smallest absolute Gasteiger partial charge is 0.0439 e. The van der Waals surface area contributed by atoms with Crippen LogP contribution in [-0.4, -0.2) is 16.3 Å². The van der Waals surface area contributed by atoms with Crippen molar-refractivity contribution in [1.82, 2.24) is 15.0 Å². The fraction of sp³-hybridized carbons (Fsp3) is 0.250. The van der Waals surface area contributed by atoms with Crippen molar-refractivity contribution in [3.63, 3.8) is 0 Å². The summed E-state index contributed by atoms with van der Waals surface area (Å²) in [5.41, 5.74) is 3.69. The molecule has 0 saturated heterocycles. The molecule has 0 atom stereocenters. The Kier molecular flexibility index (Phi) is 2.15. The predicted octanol–water partition coefficient (Wildman–Crippen LogP) is 1.54. The van der Waals surface area contributed by atoms with Gasteiger partial charge in [-0.1, -0.05) is 0 Å². The third-order valence-electron chi connectivity index (χ3n) is 2.98. The van der Waals surface area contributed by atoms with E-state index >= 15 is 0 Å². The third-order valence-corrected chi connectivity index (χ3v) is 2.98. The number of hydrogen-bond donors (Lipinski definition) is 1. The quantitative estimate of drug-likeness (QED) is 0.783. The van der Waals surface area contributed by atoms with Crippen LogP contribution >= 0.6 is 0 Å². The second kappa shape index (κ2) is 3.64. The molecule has 1 aliphatic rings. The summed E-state index contributed by atoms with van der Waals surface area (Å²) < 4.78 is 1.06. The van der Waals surface area contributed by atoms with E-state index < -0.39 is 0 Å². The molecule has 16 heavy (non-hydrogen) atoms. The van der Waals surface area contributed by atoms with Crippen molar-refractivity contribution < 1.29 is 0 Å². The first-order valence-electron chi connectivity index (χ1n) is 5.38. The van der Waals surface area contributed by atoms with Gasteiger partial charge in [0.15, 0.2) is 0 Å². The number of hydrogen-bond acceptors (Lipinski definition) is 3. The summed E-state index contributed by atoms with van der Waals surface area (Å²) in [5.74, 6) is 0. The number of aromatic nitrogens is 2. The van der Waals surface area contributed by atoms with Crippen LogP contribution in [0.5, 0.6) is 0 Å². The fourth-order valence-electron chi connectivity index (χ4n) is 2.15. The minimum Gasteiger partial charge on any atom is -0.805 e. The Balaban J connectivity index is 2.12. The van der Waals surface area contributed by atoms with E-state index in [1.807, 2.05) is 18.2 Å². The molecule has 0 unspecified atom stereocenters. The molecule has 0 amide bonds. The molecule has 3 rings (SSSR count). The molecule has 82 valence electrons. The van der Waals surface area contributed by atoms with Gasteiger partial charge >= 0.3 is 0 Å². The summed E-state index contributed by atoms with van der Waals surface area (Å²) in [4.78, 5) is 3.96. The molecular formula is C12H12N3O-. The maximum absolute atomic E-state index is 12.1. The average molecular weight is 214 g/mol. The number of rotatable bonds is 1. The Bertz CT molecular complexity index is 504. The van der Waals surface area contributed by atoms with Gasteiger partial charge in [0.2, 0.25) is 0 Å². The van der Waals surface area contributed by atoms with E-state index in [1.165, 1.54) is 0 Å². The normalized spacial score (nSPS) is 14.8. The van der Waals surface area contributed by atoms with E-state index in [9.17, 15) is 5.21 Å². The number of pyridine rings is 1. The molecule has 0 aromatic carbocycles. The van der Waals surface area contributed by atoms with E-state index in [1.54, 1.807) is 12.4 Å². The van der Waals surface area contributed by atoms with Crippen molar-refractivity contribution in [3.8, 4) is 11.3 Å². The van der Waals surface area contributed by atoms with Crippen LogP contribution in [0.25, 0.3) is 11.3 Å². The van der Waals surface area contributed by atoms with Gasteiger partial charge in [0.25, 0.3) is 0 Å². The Hall–Kier alpha value is -1.81. The lowest BCUT2D eigenvalue weighted by atomic mass is 10.1. The summed E-state index contributed by atoms with van der Waals surface area (Å²) in [6.45, 7) is 1.68. The van der Waals surface area contributed by atoms with E-state index in [0.717, 1.165) is 46.8 Å². The largest absolute Gasteiger partial charge is 0.805 e.